The number of carbonyl (C=O) groups is 1. The Labute approximate surface area is 78.0 Å². The highest BCUT2D eigenvalue weighted by Crippen LogP contribution is 2.47. The summed E-state index contributed by atoms with van der Waals surface area (Å²) in [5.41, 5.74) is 0.0854. The van der Waals surface area contributed by atoms with Crippen LogP contribution in [-0.4, -0.2) is 16.2 Å². The molecule has 2 nitrogen and oxygen atoms in total. The zero-order valence-electron chi connectivity index (χ0n) is 8.00. The van der Waals surface area contributed by atoms with Crippen molar-refractivity contribution < 1.29 is 4.79 Å². The summed E-state index contributed by atoms with van der Waals surface area (Å²) in [4.78, 5) is 12.3. The Morgan fingerprint density at radius 1 is 1.50 bits per heavy atom. The van der Waals surface area contributed by atoms with Crippen molar-refractivity contribution in [3.05, 3.63) is 11.6 Å². The van der Waals surface area contributed by atoms with Gasteiger partial charge in [0.1, 0.15) is 0 Å². The molecule has 0 radical (unpaired) electrons. The maximum absolute atomic E-state index is 10.7. The molecule has 1 aliphatic heterocycles. The molecule has 1 rings (SSSR count). The fourth-order valence-electron chi connectivity index (χ4n) is 1.13. The maximum Gasteiger partial charge on any atom is 0.214 e. The fourth-order valence-corrected chi connectivity index (χ4v) is 2.17. The number of hydrogen-bond acceptors (Lipinski definition) is 2. The van der Waals surface area contributed by atoms with Crippen LogP contribution in [0.5, 0.6) is 0 Å². The van der Waals surface area contributed by atoms with E-state index in [1.54, 1.807) is 16.7 Å². The molecule has 0 N–H and O–H groups in total. The summed E-state index contributed by atoms with van der Waals surface area (Å²) < 4.78 is 0. The third-order valence-electron chi connectivity index (χ3n) is 2.52. The number of rotatable bonds is 1. The number of amides is 1. The molecular formula is C9H15NOS. The van der Waals surface area contributed by atoms with Gasteiger partial charge in [-0.15, -0.1) is 11.8 Å². The zero-order chi connectivity index (χ0) is 9.41. The van der Waals surface area contributed by atoms with Gasteiger partial charge >= 0.3 is 0 Å². The molecule has 0 fully saturated rings. The zero-order valence-corrected chi connectivity index (χ0v) is 8.81. The van der Waals surface area contributed by atoms with E-state index in [0.29, 0.717) is 0 Å². The maximum atomic E-state index is 10.7. The molecule has 0 aromatic rings. The Morgan fingerprint density at radius 3 is 2.42 bits per heavy atom. The second-order valence-electron chi connectivity index (χ2n) is 4.15. The van der Waals surface area contributed by atoms with Gasteiger partial charge in [-0.25, -0.2) is 0 Å². The van der Waals surface area contributed by atoms with Crippen molar-refractivity contribution >= 4 is 18.2 Å². The second kappa shape index (κ2) is 2.80. The van der Waals surface area contributed by atoms with Crippen molar-refractivity contribution in [1.82, 2.24) is 4.90 Å². The van der Waals surface area contributed by atoms with Gasteiger partial charge in [-0.2, -0.15) is 0 Å². The van der Waals surface area contributed by atoms with Gasteiger partial charge in [-0.3, -0.25) is 4.79 Å². The van der Waals surface area contributed by atoms with Crippen LogP contribution in [0.3, 0.4) is 0 Å². The Bertz CT molecular complexity index is 219. The second-order valence-corrected chi connectivity index (χ2v) is 5.45. The molecule has 0 aromatic heterocycles. The van der Waals surface area contributed by atoms with E-state index in [1.165, 1.54) is 0 Å². The van der Waals surface area contributed by atoms with Crippen LogP contribution in [0.15, 0.2) is 11.6 Å². The lowest BCUT2D eigenvalue weighted by molar-refractivity contribution is -0.119. The van der Waals surface area contributed by atoms with E-state index < -0.39 is 0 Å². The first-order valence-corrected chi connectivity index (χ1v) is 4.88. The lowest BCUT2D eigenvalue weighted by Crippen LogP contribution is -2.47. The van der Waals surface area contributed by atoms with Crippen LogP contribution in [0.4, 0.5) is 0 Å². The molecule has 1 heterocycles. The molecule has 0 aliphatic carbocycles. The summed E-state index contributed by atoms with van der Waals surface area (Å²) in [5, 5.41) is 1.97. The third-order valence-corrected chi connectivity index (χ3v) is 4.06. The monoisotopic (exact) mass is 185 g/mol. The fraction of sp³-hybridized carbons (Fsp3) is 0.667. The number of nitrogens with zero attached hydrogens (tertiary/aromatic N) is 1. The van der Waals surface area contributed by atoms with Crippen LogP contribution in [-0.2, 0) is 4.79 Å². The molecule has 1 atom stereocenters. The van der Waals surface area contributed by atoms with Gasteiger partial charge in [-0.1, -0.05) is 20.8 Å². The minimum Gasteiger partial charge on any atom is -0.305 e. The number of thioether (sulfide) groups is 1. The summed E-state index contributed by atoms with van der Waals surface area (Å²) in [6.45, 7) is 8.52. The number of carbonyl (C=O) groups excluding carboxylic acids is 1. The van der Waals surface area contributed by atoms with Crippen LogP contribution < -0.4 is 0 Å². The Hall–Kier alpha value is -0.440. The van der Waals surface area contributed by atoms with Gasteiger partial charge in [0, 0.05) is 6.20 Å². The van der Waals surface area contributed by atoms with E-state index in [2.05, 4.69) is 27.7 Å². The van der Waals surface area contributed by atoms with E-state index in [4.69, 9.17) is 0 Å². The topological polar surface area (TPSA) is 20.3 Å². The standard InChI is InChI=1S/C9H15NOS/c1-8(2,3)9(4)10(7-11)5-6-12-9/h5-7H,1-4H3/t9-/m1/s1. The summed E-state index contributed by atoms with van der Waals surface area (Å²) in [7, 11) is 0. The smallest absolute Gasteiger partial charge is 0.214 e. The van der Waals surface area contributed by atoms with Gasteiger partial charge in [0.25, 0.3) is 0 Å². The first-order chi connectivity index (χ1) is 5.42. The first kappa shape index (κ1) is 9.65. The van der Waals surface area contributed by atoms with Crippen molar-refractivity contribution in [3.63, 3.8) is 0 Å². The van der Waals surface area contributed by atoms with Crippen LogP contribution in [0, 0.1) is 5.41 Å². The van der Waals surface area contributed by atoms with Crippen molar-refractivity contribution in [2.75, 3.05) is 0 Å². The van der Waals surface area contributed by atoms with Gasteiger partial charge in [-0.05, 0) is 17.7 Å². The third kappa shape index (κ3) is 1.26. The molecule has 0 spiro atoms. The van der Waals surface area contributed by atoms with Crippen molar-refractivity contribution in [2.45, 2.75) is 32.6 Å². The quantitative estimate of drug-likeness (QED) is 0.585. The highest BCUT2D eigenvalue weighted by atomic mass is 32.2. The van der Waals surface area contributed by atoms with Gasteiger partial charge in [0.05, 0.1) is 4.87 Å². The normalized spacial score (nSPS) is 29.5. The molecule has 0 aromatic carbocycles. The Kier molecular flexibility index (Phi) is 2.25. The van der Waals surface area contributed by atoms with E-state index in [-0.39, 0.29) is 10.3 Å². The van der Waals surface area contributed by atoms with Gasteiger partial charge in [0.15, 0.2) is 0 Å². The molecule has 1 amide bonds. The van der Waals surface area contributed by atoms with Crippen LogP contribution in [0.2, 0.25) is 0 Å². The first-order valence-electron chi connectivity index (χ1n) is 4.00. The van der Waals surface area contributed by atoms with Crippen LogP contribution >= 0.6 is 11.8 Å². The molecule has 12 heavy (non-hydrogen) atoms. The summed E-state index contributed by atoms with van der Waals surface area (Å²) in [6.07, 6.45) is 2.73. The van der Waals surface area contributed by atoms with Crippen molar-refractivity contribution in [1.29, 1.82) is 0 Å². The van der Waals surface area contributed by atoms with E-state index in [1.807, 2.05) is 11.6 Å². The molecular weight excluding hydrogens is 170 g/mol. The summed E-state index contributed by atoms with van der Waals surface area (Å²) >= 11 is 1.70. The molecule has 0 unspecified atom stereocenters. The molecule has 0 saturated heterocycles. The molecule has 0 bridgehead atoms. The van der Waals surface area contributed by atoms with Gasteiger partial charge < -0.3 is 4.90 Å². The Balaban J connectivity index is 2.93. The van der Waals surface area contributed by atoms with Crippen LogP contribution in [0.25, 0.3) is 0 Å². The molecule has 68 valence electrons. The minimum absolute atomic E-state index is 0.0854. The summed E-state index contributed by atoms with van der Waals surface area (Å²) in [6, 6.07) is 0. The predicted molar refractivity (Wildman–Crippen MR) is 52.5 cm³/mol. The number of hydrogen-bond donors (Lipinski definition) is 0. The average Bonchev–Trinajstić information content (AvgIpc) is 2.30. The SMILES string of the molecule is CC(C)(C)[C@@]1(C)SC=CN1C=O. The highest BCUT2D eigenvalue weighted by Gasteiger charge is 2.44. The van der Waals surface area contributed by atoms with E-state index >= 15 is 0 Å². The summed E-state index contributed by atoms with van der Waals surface area (Å²) in [5.74, 6) is 0. The van der Waals surface area contributed by atoms with Crippen LogP contribution in [0.1, 0.15) is 27.7 Å². The van der Waals surface area contributed by atoms with Crippen molar-refractivity contribution in [3.8, 4) is 0 Å². The van der Waals surface area contributed by atoms with Gasteiger partial charge in [0.2, 0.25) is 6.41 Å². The van der Waals surface area contributed by atoms with E-state index in [0.717, 1.165) is 6.41 Å². The predicted octanol–water partition coefficient (Wildman–Crippen LogP) is 2.43. The average molecular weight is 185 g/mol. The Morgan fingerprint density at radius 2 is 2.08 bits per heavy atom. The lowest BCUT2D eigenvalue weighted by atomic mass is 9.86. The van der Waals surface area contributed by atoms with Crippen molar-refractivity contribution in [2.24, 2.45) is 5.41 Å². The highest BCUT2D eigenvalue weighted by molar-refractivity contribution is 8.03. The molecule has 0 saturated carbocycles. The van der Waals surface area contributed by atoms with E-state index in [9.17, 15) is 4.79 Å². The molecule has 3 heteroatoms. The minimum atomic E-state index is -0.130. The molecule has 1 aliphatic rings. The lowest BCUT2D eigenvalue weighted by Gasteiger charge is -2.42. The largest absolute Gasteiger partial charge is 0.305 e.